The van der Waals surface area contributed by atoms with Crippen LogP contribution in [0.2, 0.25) is 0 Å². The first-order valence-electron chi connectivity index (χ1n) is 6.22. The van der Waals surface area contributed by atoms with Crippen LogP contribution in [-0.4, -0.2) is 12.6 Å². The van der Waals surface area contributed by atoms with Crippen molar-refractivity contribution in [1.82, 2.24) is 5.32 Å². The summed E-state index contributed by atoms with van der Waals surface area (Å²) in [6.07, 6.45) is 2.59. The van der Waals surface area contributed by atoms with Crippen molar-refractivity contribution in [2.75, 3.05) is 6.54 Å². The van der Waals surface area contributed by atoms with Gasteiger partial charge in [-0.3, -0.25) is 0 Å². The van der Waals surface area contributed by atoms with E-state index in [1.54, 1.807) is 0 Å². The standard InChI is InChI=1S/C14H23NO/c1-4-6-12(3)16-14-9-7-13(8-10-14)11-15-5-2/h7-10,12,15H,4-6,11H2,1-3H3. The summed E-state index contributed by atoms with van der Waals surface area (Å²) in [5, 5.41) is 3.30. The zero-order valence-corrected chi connectivity index (χ0v) is 10.6. The van der Waals surface area contributed by atoms with Crippen LogP contribution in [0.1, 0.15) is 39.2 Å². The largest absolute Gasteiger partial charge is 0.491 e. The van der Waals surface area contributed by atoms with Crippen molar-refractivity contribution < 1.29 is 4.74 Å². The van der Waals surface area contributed by atoms with E-state index in [1.807, 2.05) is 0 Å². The molecule has 0 fully saturated rings. The fourth-order valence-corrected chi connectivity index (χ4v) is 1.65. The van der Waals surface area contributed by atoms with Crippen molar-refractivity contribution in [3.8, 4) is 5.75 Å². The topological polar surface area (TPSA) is 21.3 Å². The molecule has 90 valence electrons. The predicted octanol–water partition coefficient (Wildman–Crippen LogP) is 3.36. The van der Waals surface area contributed by atoms with Gasteiger partial charge in [-0.15, -0.1) is 0 Å². The lowest BCUT2D eigenvalue weighted by Gasteiger charge is -2.14. The molecule has 0 saturated carbocycles. The average molecular weight is 221 g/mol. The molecule has 0 aliphatic carbocycles. The maximum Gasteiger partial charge on any atom is 0.119 e. The smallest absolute Gasteiger partial charge is 0.119 e. The fourth-order valence-electron chi connectivity index (χ4n) is 1.65. The first kappa shape index (κ1) is 13.0. The summed E-state index contributed by atoms with van der Waals surface area (Å²) in [6, 6.07) is 8.35. The van der Waals surface area contributed by atoms with E-state index >= 15 is 0 Å². The molecular formula is C14H23NO. The number of ether oxygens (including phenoxy) is 1. The normalized spacial score (nSPS) is 12.4. The summed E-state index contributed by atoms with van der Waals surface area (Å²) < 4.78 is 5.79. The monoisotopic (exact) mass is 221 g/mol. The van der Waals surface area contributed by atoms with E-state index in [0.29, 0.717) is 6.10 Å². The van der Waals surface area contributed by atoms with E-state index in [2.05, 4.69) is 50.4 Å². The van der Waals surface area contributed by atoms with Crippen molar-refractivity contribution in [3.05, 3.63) is 29.8 Å². The van der Waals surface area contributed by atoms with E-state index in [0.717, 1.165) is 25.3 Å². The van der Waals surface area contributed by atoms with Gasteiger partial charge in [0.25, 0.3) is 0 Å². The Bertz CT molecular complexity index is 281. The summed E-state index contributed by atoms with van der Waals surface area (Å²) in [5.74, 6) is 0.973. The number of hydrogen-bond donors (Lipinski definition) is 1. The number of benzene rings is 1. The molecule has 2 nitrogen and oxygen atoms in total. The number of nitrogens with one attached hydrogen (secondary N) is 1. The molecule has 0 amide bonds. The van der Waals surface area contributed by atoms with Gasteiger partial charge in [-0.05, 0) is 37.6 Å². The maximum absolute atomic E-state index is 5.79. The van der Waals surface area contributed by atoms with Gasteiger partial charge in [0.2, 0.25) is 0 Å². The molecule has 1 aromatic carbocycles. The van der Waals surface area contributed by atoms with Crippen LogP contribution in [0.5, 0.6) is 5.75 Å². The van der Waals surface area contributed by atoms with Crippen molar-refractivity contribution >= 4 is 0 Å². The minimum Gasteiger partial charge on any atom is -0.491 e. The quantitative estimate of drug-likeness (QED) is 0.762. The molecule has 0 spiro atoms. The first-order chi connectivity index (χ1) is 7.76. The Morgan fingerprint density at radius 1 is 1.19 bits per heavy atom. The van der Waals surface area contributed by atoms with Gasteiger partial charge in [-0.25, -0.2) is 0 Å². The Kier molecular flexibility index (Phi) is 5.94. The summed E-state index contributed by atoms with van der Waals surface area (Å²) >= 11 is 0. The molecular weight excluding hydrogens is 198 g/mol. The van der Waals surface area contributed by atoms with Crippen LogP contribution in [-0.2, 0) is 6.54 Å². The van der Waals surface area contributed by atoms with Crippen molar-refractivity contribution in [2.24, 2.45) is 0 Å². The first-order valence-corrected chi connectivity index (χ1v) is 6.22. The molecule has 0 aliphatic heterocycles. The molecule has 0 heterocycles. The van der Waals surface area contributed by atoms with Crippen LogP contribution in [0.4, 0.5) is 0 Å². The van der Waals surface area contributed by atoms with Crippen LogP contribution >= 0.6 is 0 Å². The van der Waals surface area contributed by atoms with E-state index in [4.69, 9.17) is 4.74 Å². The molecule has 1 rings (SSSR count). The van der Waals surface area contributed by atoms with Gasteiger partial charge in [0, 0.05) is 6.54 Å². The lowest BCUT2D eigenvalue weighted by molar-refractivity contribution is 0.210. The third kappa shape index (κ3) is 4.67. The van der Waals surface area contributed by atoms with Crippen LogP contribution in [0.25, 0.3) is 0 Å². The molecule has 0 aromatic heterocycles. The molecule has 16 heavy (non-hydrogen) atoms. The zero-order valence-electron chi connectivity index (χ0n) is 10.6. The second kappa shape index (κ2) is 7.29. The highest BCUT2D eigenvalue weighted by Gasteiger charge is 2.02. The van der Waals surface area contributed by atoms with Gasteiger partial charge >= 0.3 is 0 Å². The lowest BCUT2D eigenvalue weighted by atomic mass is 10.2. The summed E-state index contributed by atoms with van der Waals surface area (Å²) in [7, 11) is 0. The van der Waals surface area contributed by atoms with Crippen LogP contribution in [0, 0.1) is 0 Å². The Labute approximate surface area is 99.0 Å². The van der Waals surface area contributed by atoms with Gasteiger partial charge < -0.3 is 10.1 Å². The van der Waals surface area contributed by atoms with E-state index in [9.17, 15) is 0 Å². The Morgan fingerprint density at radius 3 is 2.44 bits per heavy atom. The molecule has 0 aliphatic rings. The predicted molar refractivity (Wildman–Crippen MR) is 68.8 cm³/mol. The highest BCUT2D eigenvalue weighted by Crippen LogP contribution is 2.15. The molecule has 0 saturated heterocycles. The minimum absolute atomic E-state index is 0.310. The fraction of sp³-hybridized carbons (Fsp3) is 0.571. The second-order valence-electron chi connectivity index (χ2n) is 4.14. The molecule has 0 bridgehead atoms. The van der Waals surface area contributed by atoms with Gasteiger partial charge in [0.15, 0.2) is 0 Å². The van der Waals surface area contributed by atoms with Crippen molar-refractivity contribution in [1.29, 1.82) is 0 Å². The van der Waals surface area contributed by atoms with Crippen LogP contribution in [0.3, 0.4) is 0 Å². The molecule has 0 radical (unpaired) electrons. The zero-order chi connectivity index (χ0) is 11.8. The SMILES string of the molecule is CCCC(C)Oc1ccc(CNCC)cc1. The van der Waals surface area contributed by atoms with Gasteiger partial charge in [0.05, 0.1) is 6.10 Å². The van der Waals surface area contributed by atoms with Crippen molar-refractivity contribution in [2.45, 2.75) is 46.3 Å². The van der Waals surface area contributed by atoms with Crippen LogP contribution in [0.15, 0.2) is 24.3 Å². The highest BCUT2D eigenvalue weighted by molar-refractivity contribution is 5.27. The van der Waals surface area contributed by atoms with Gasteiger partial charge in [0.1, 0.15) is 5.75 Å². The lowest BCUT2D eigenvalue weighted by Crippen LogP contribution is -2.12. The third-order valence-corrected chi connectivity index (χ3v) is 2.53. The number of hydrogen-bond acceptors (Lipinski definition) is 2. The van der Waals surface area contributed by atoms with E-state index in [1.165, 1.54) is 12.0 Å². The minimum atomic E-state index is 0.310. The Balaban J connectivity index is 2.44. The second-order valence-corrected chi connectivity index (χ2v) is 4.14. The molecule has 2 heteroatoms. The highest BCUT2D eigenvalue weighted by atomic mass is 16.5. The van der Waals surface area contributed by atoms with Gasteiger partial charge in [-0.2, -0.15) is 0 Å². The Hall–Kier alpha value is -1.02. The maximum atomic E-state index is 5.79. The van der Waals surface area contributed by atoms with Gasteiger partial charge in [-0.1, -0.05) is 32.4 Å². The molecule has 1 atom stereocenters. The molecule has 1 aromatic rings. The van der Waals surface area contributed by atoms with Crippen LogP contribution < -0.4 is 10.1 Å². The molecule has 1 unspecified atom stereocenters. The van der Waals surface area contributed by atoms with Crippen molar-refractivity contribution in [3.63, 3.8) is 0 Å². The summed E-state index contributed by atoms with van der Waals surface area (Å²) in [4.78, 5) is 0. The molecule has 1 N–H and O–H groups in total. The average Bonchev–Trinajstić information content (AvgIpc) is 2.28. The third-order valence-electron chi connectivity index (χ3n) is 2.53. The Morgan fingerprint density at radius 2 is 1.88 bits per heavy atom. The van der Waals surface area contributed by atoms with E-state index < -0.39 is 0 Å². The van der Waals surface area contributed by atoms with E-state index in [-0.39, 0.29) is 0 Å². The summed E-state index contributed by atoms with van der Waals surface area (Å²) in [6.45, 7) is 8.35. The summed E-state index contributed by atoms with van der Waals surface area (Å²) in [5.41, 5.74) is 1.30. The number of rotatable bonds is 7.